The van der Waals surface area contributed by atoms with Crippen molar-refractivity contribution in [1.29, 1.82) is 0 Å². The summed E-state index contributed by atoms with van der Waals surface area (Å²) >= 11 is 0. The number of nitrogens with two attached hydrogens (primary N) is 1. The van der Waals surface area contributed by atoms with Crippen LogP contribution in [0.1, 0.15) is 24.2 Å². The van der Waals surface area contributed by atoms with Crippen LogP contribution in [0.5, 0.6) is 0 Å². The molecule has 0 saturated heterocycles. The van der Waals surface area contributed by atoms with E-state index in [1.807, 2.05) is 13.0 Å². The molecule has 1 rings (SSSR count). The smallest absolute Gasteiger partial charge is 0.0547 e. The summed E-state index contributed by atoms with van der Waals surface area (Å²) in [6.45, 7) is 4.83. The van der Waals surface area contributed by atoms with Crippen LogP contribution in [0.4, 0.5) is 0 Å². The third-order valence-electron chi connectivity index (χ3n) is 2.37. The minimum atomic E-state index is 0.788. The Morgan fingerprint density at radius 2 is 2.13 bits per heavy atom. The summed E-state index contributed by atoms with van der Waals surface area (Å²) in [6.07, 6.45) is 2.27. The molecule has 0 aromatic carbocycles. The quantitative estimate of drug-likeness (QED) is 0.720. The average Bonchev–Trinajstić information content (AvgIpc) is 2.18. The van der Waals surface area contributed by atoms with Crippen LogP contribution in [-0.4, -0.2) is 30.0 Å². The molecule has 0 bridgehead atoms. The van der Waals surface area contributed by atoms with Crippen molar-refractivity contribution in [3.63, 3.8) is 0 Å². The van der Waals surface area contributed by atoms with Gasteiger partial charge in [0.2, 0.25) is 0 Å². The SMILES string of the molecule is Cc1cccc(CN(C)CCCCN)n1. The van der Waals surface area contributed by atoms with E-state index in [0.29, 0.717) is 0 Å². The van der Waals surface area contributed by atoms with E-state index in [9.17, 15) is 0 Å². The molecular weight excluding hydrogens is 186 g/mol. The lowest BCUT2D eigenvalue weighted by atomic mass is 10.2. The first kappa shape index (κ1) is 12.1. The van der Waals surface area contributed by atoms with Gasteiger partial charge < -0.3 is 10.6 Å². The molecule has 0 amide bonds. The average molecular weight is 207 g/mol. The molecule has 1 aromatic heterocycles. The van der Waals surface area contributed by atoms with E-state index < -0.39 is 0 Å². The number of nitrogens with zero attached hydrogens (tertiary/aromatic N) is 2. The third kappa shape index (κ3) is 4.91. The Hall–Kier alpha value is -0.930. The topological polar surface area (TPSA) is 42.1 Å². The van der Waals surface area contributed by atoms with E-state index >= 15 is 0 Å². The van der Waals surface area contributed by atoms with Gasteiger partial charge >= 0.3 is 0 Å². The van der Waals surface area contributed by atoms with Crippen LogP contribution in [-0.2, 0) is 6.54 Å². The second-order valence-corrected chi connectivity index (χ2v) is 4.00. The van der Waals surface area contributed by atoms with Gasteiger partial charge in [0.15, 0.2) is 0 Å². The number of hydrogen-bond acceptors (Lipinski definition) is 3. The van der Waals surface area contributed by atoms with Crippen molar-refractivity contribution in [3.8, 4) is 0 Å². The molecular formula is C12H21N3. The summed E-state index contributed by atoms with van der Waals surface area (Å²) < 4.78 is 0. The second-order valence-electron chi connectivity index (χ2n) is 4.00. The van der Waals surface area contributed by atoms with Crippen LogP contribution in [0.25, 0.3) is 0 Å². The standard InChI is InChI=1S/C12H21N3/c1-11-6-5-7-12(14-11)10-15(2)9-4-3-8-13/h5-7H,3-4,8-10,13H2,1-2H3. The Labute approximate surface area is 92.3 Å². The maximum Gasteiger partial charge on any atom is 0.0547 e. The van der Waals surface area contributed by atoms with E-state index in [1.165, 1.54) is 6.42 Å². The predicted molar refractivity (Wildman–Crippen MR) is 63.6 cm³/mol. The Bertz CT molecular complexity index is 286. The first-order valence-corrected chi connectivity index (χ1v) is 5.53. The molecule has 0 fully saturated rings. The summed E-state index contributed by atoms with van der Waals surface area (Å²) in [5.41, 5.74) is 7.69. The molecule has 15 heavy (non-hydrogen) atoms. The summed E-state index contributed by atoms with van der Waals surface area (Å²) in [7, 11) is 2.13. The highest BCUT2D eigenvalue weighted by Crippen LogP contribution is 2.02. The van der Waals surface area contributed by atoms with Crippen molar-refractivity contribution in [2.45, 2.75) is 26.3 Å². The molecule has 0 atom stereocenters. The van der Waals surface area contributed by atoms with Gasteiger partial charge in [0.25, 0.3) is 0 Å². The van der Waals surface area contributed by atoms with Crippen LogP contribution in [0, 0.1) is 6.92 Å². The third-order valence-corrected chi connectivity index (χ3v) is 2.37. The summed E-state index contributed by atoms with van der Waals surface area (Å²) in [5, 5.41) is 0. The number of aryl methyl sites for hydroxylation is 1. The van der Waals surface area contributed by atoms with E-state index in [2.05, 4.69) is 29.1 Å². The Morgan fingerprint density at radius 3 is 2.80 bits per heavy atom. The van der Waals surface area contributed by atoms with Crippen LogP contribution >= 0.6 is 0 Å². The molecule has 0 radical (unpaired) electrons. The lowest BCUT2D eigenvalue weighted by Crippen LogP contribution is -2.20. The molecule has 0 unspecified atom stereocenters. The van der Waals surface area contributed by atoms with Gasteiger partial charge in [-0.15, -0.1) is 0 Å². The number of pyridine rings is 1. The molecule has 84 valence electrons. The van der Waals surface area contributed by atoms with Crippen LogP contribution in [0.2, 0.25) is 0 Å². The van der Waals surface area contributed by atoms with Gasteiger partial charge in [-0.1, -0.05) is 6.07 Å². The Balaban J connectivity index is 2.34. The molecule has 0 aliphatic carbocycles. The maximum absolute atomic E-state index is 5.46. The highest BCUT2D eigenvalue weighted by Gasteiger charge is 2.00. The molecule has 2 N–H and O–H groups in total. The van der Waals surface area contributed by atoms with Crippen molar-refractivity contribution in [2.24, 2.45) is 5.73 Å². The molecule has 0 aliphatic rings. The fourth-order valence-corrected chi connectivity index (χ4v) is 1.57. The fourth-order valence-electron chi connectivity index (χ4n) is 1.57. The zero-order chi connectivity index (χ0) is 11.1. The number of aromatic nitrogens is 1. The fraction of sp³-hybridized carbons (Fsp3) is 0.583. The maximum atomic E-state index is 5.46. The molecule has 0 aliphatic heterocycles. The summed E-state index contributed by atoms with van der Waals surface area (Å²) in [5.74, 6) is 0. The zero-order valence-corrected chi connectivity index (χ0v) is 9.74. The van der Waals surface area contributed by atoms with E-state index in [4.69, 9.17) is 5.73 Å². The predicted octanol–water partition coefficient (Wildman–Crippen LogP) is 1.56. The van der Waals surface area contributed by atoms with Crippen LogP contribution in [0.15, 0.2) is 18.2 Å². The van der Waals surface area contributed by atoms with Crippen molar-refractivity contribution in [3.05, 3.63) is 29.6 Å². The van der Waals surface area contributed by atoms with Gasteiger partial charge in [-0.3, -0.25) is 4.98 Å². The van der Waals surface area contributed by atoms with E-state index in [-0.39, 0.29) is 0 Å². The molecule has 1 heterocycles. The van der Waals surface area contributed by atoms with Gasteiger partial charge in [-0.05, 0) is 52.0 Å². The first-order chi connectivity index (χ1) is 7.22. The molecule has 0 saturated carbocycles. The van der Waals surface area contributed by atoms with Crippen molar-refractivity contribution in [2.75, 3.05) is 20.1 Å². The Kier molecular flexibility index (Phi) is 5.29. The van der Waals surface area contributed by atoms with Crippen LogP contribution < -0.4 is 5.73 Å². The lowest BCUT2D eigenvalue weighted by molar-refractivity contribution is 0.315. The number of unbranched alkanes of at least 4 members (excludes halogenated alkanes) is 1. The summed E-state index contributed by atoms with van der Waals surface area (Å²) in [6, 6.07) is 6.16. The molecule has 1 aromatic rings. The largest absolute Gasteiger partial charge is 0.330 e. The monoisotopic (exact) mass is 207 g/mol. The Morgan fingerprint density at radius 1 is 1.33 bits per heavy atom. The zero-order valence-electron chi connectivity index (χ0n) is 9.74. The van der Waals surface area contributed by atoms with E-state index in [1.54, 1.807) is 0 Å². The molecule has 3 nitrogen and oxygen atoms in total. The normalized spacial score (nSPS) is 10.9. The van der Waals surface area contributed by atoms with Gasteiger partial charge in [0, 0.05) is 12.2 Å². The number of hydrogen-bond donors (Lipinski definition) is 1. The van der Waals surface area contributed by atoms with Gasteiger partial charge in [-0.25, -0.2) is 0 Å². The minimum absolute atomic E-state index is 0.788. The van der Waals surface area contributed by atoms with Gasteiger partial charge in [-0.2, -0.15) is 0 Å². The number of rotatable bonds is 6. The van der Waals surface area contributed by atoms with Gasteiger partial charge in [0.05, 0.1) is 5.69 Å². The molecule has 0 spiro atoms. The van der Waals surface area contributed by atoms with Crippen molar-refractivity contribution in [1.82, 2.24) is 9.88 Å². The lowest BCUT2D eigenvalue weighted by Gasteiger charge is -2.15. The molecule has 3 heteroatoms. The van der Waals surface area contributed by atoms with Gasteiger partial charge in [0.1, 0.15) is 0 Å². The van der Waals surface area contributed by atoms with Crippen molar-refractivity contribution < 1.29 is 0 Å². The van der Waals surface area contributed by atoms with Crippen LogP contribution in [0.3, 0.4) is 0 Å². The van der Waals surface area contributed by atoms with E-state index in [0.717, 1.165) is 37.4 Å². The highest BCUT2D eigenvalue weighted by molar-refractivity contribution is 5.09. The minimum Gasteiger partial charge on any atom is -0.330 e. The highest BCUT2D eigenvalue weighted by atomic mass is 15.1. The second kappa shape index (κ2) is 6.53. The first-order valence-electron chi connectivity index (χ1n) is 5.53. The summed E-state index contributed by atoms with van der Waals surface area (Å²) in [4.78, 5) is 6.76. The van der Waals surface area contributed by atoms with Crippen molar-refractivity contribution >= 4 is 0 Å².